The molecule has 0 aromatic heterocycles. The molecule has 45 heavy (non-hydrogen) atoms. The molecule has 0 aromatic carbocycles. The number of hydrogen-bond acceptors (Lipinski definition) is 9. The molecule has 9 heteroatoms. The fraction of sp³-hybridized carbons (Fsp3) is 0.861. The van der Waals surface area contributed by atoms with E-state index in [1.807, 2.05) is 0 Å². The van der Waals surface area contributed by atoms with Crippen molar-refractivity contribution in [3.8, 4) is 0 Å². The molecule has 0 saturated heterocycles. The molecule has 4 N–H and O–H groups in total. The topological polar surface area (TPSA) is 151 Å². The predicted octanol–water partition coefficient (Wildman–Crippen LogP) is 6.12. The van der Waals surface area contributed by atoms with Gasteiger partial charge in [0.05, 0.1) is 24.9 Å². The number of ether oxygens (including phenoxy) is 2. The van der Waals surface area contributed by atoms with Crippen LogP contribution in [0.4, 0.5) is 0 Å². The molecular weight excluding hydrogens is 576 g/mol. The largest absolute Gasteiger partial charge is 0.462 e. The Morgan fingerprint density at radius 1 is 0.756 bits per heavy atom. The second-order valence-corrected chi connectivity index (χ2v) is 12.9. The molecule has 9 nitrogen and oxygen atoms in total. The van der Waals surface area contributed by atoms with Gasteiger partial charge in [-0.3, -0.25) is 14.4 Å². The lowest BCUT2D eigenvalue weighted by Crippen LogP contribution is -2.28. The van der Waals surface area contributed by atoms with Crippen molar-refractivity contribution in [3.05, 3.63) is 12.2 Å². The van der Waals surface area contributed by atoms with Crippen molar-refractivity contribution < 1.29 is 44.3 Å². The van der Waals surface area contributed by atoms with Gasteiger partial charge in [-0.25, -0.2) is 0 Å². The molecule has 1 fully saturated rings. The van der Waals surface area contributed by atoms with Gasteiger partial charge in [0.2, 0.25) is 0 Å². The lowest BCUT2D eigenvalue weighted by molar-refractivity contribution is -0.161. The zero-order chi connectivity index (χ0) is 33.3. The number of carbonyl (C=O) groups is 3. The molecule has 0 unspecified atom stereocenters. The number of ketones is 1. The van der Waals surface area contributed by atoms with E-state index in [9.17, 15) is 34.8 Å². The van der Waals surface area contributed by atoms with Crippen molar-refractivity contribution >= 4 is 17.7 Å². The Morgan fingerprint density at radius 2 is 1.31 bits per heavy atom. The Balaban J connectivity index is 2.22. The summed E-state index contributed by atoms with van der Waals surface area (Å²) in [7, 11) is 0. The van der Waals surface area contributed by atoms with Gasteiger partial charge >= 0.3 is 11.9 Å². The highest BCUT2D eigenvalue weighted by molar-refractivity contribution is 5.79. The Labute approximate surface area is 272 Å². The van der Waals surface area contributed by atoms with Crippen LogP contribution in [-0.2, 0) is 23.9 Å². The van der Waals surface area contributed by atoms with Crippen molar-refractivity contribution in [3.63, 3.8) is 0 Å². The van der Waals surface area contributed by atoms with Crippen LogP contribution in [0.5, 0.6) is 0 Å². The molecule has 1 aliphatic carbocycles. The maximum Gasteiger partial charge on any atom is 0.306 e. The minimum Gasteiger partial charge on any atom is -0.462 e. The van der Waals surface area contributed by atoms with Gasteiger partial charge in [-0.05, 0) is 25.7 Å². The van der Waals surface area contributed by atoms with Crippen LogP contribution in [0.15, 0.2) is 12.2 Å². The van der Waals surface area contributed by atoms with E-state index in [0.717, 1.165) is 38.5 Å². The first kappa shape index (κ1) is 41.2. The molecule has 0 heterocycles. The van der Waals surface area contributed by atoms with Crippen LogP contribution >= 0.6 is 0 Å². The van der Waals surface area contributed by atoms with Crippen LogP contribution in [0.2, 0.25) is 0 Å². The third-order valence-corrected chi connectivity index (χ3v) is 8.79. The number of hydrogen-bond donors (Lipinski definition) is 4. The second kappa shape index (κ2) is 26.3. The summed E-state index contributed by atoms with van der Waals surface area (Å²) in [4.78, 5) is 36.9. The van der Waals surface area contributed by atoms with Gasteiger partial charge in [0.25, 0.3) is 0 Å². The first-order chi connectivity index (χ1) is 21.7. The van der Waals surface area contributed by atoms with E-state index < -0.39 is 42.9 Å². The molecule has 0 bridgehead atoms. The van der Waals surface area contributed by atoms with Crippen molar-refractivity contribution in [1.29, 1.82) is 0 Å². The maximum atomic E-state index is 12.6. The van der Waals surface area contributed by atoms with Gasteiger partial charge in [-0.1, -0.05) is 103 Å². The second-order valence-electron chi connectivity index (χ2n) is 12.9. The summed E-state index contributed by atoms with van der Waals surface area (Å²) >= 11 is 0. The average molecular weight is 641 g/mol. The number of rotatable bonds is 28. The van der Waals surface area contributed by atoms with Gasteiger partial charge in [0.1, 0.15) is 12.4 Å². The highest BCUT2D eigenvalue weighted by Gasteiger charge is 2.41. The molecular formula is C36H64O9. The number of carbonyl (C=O) groups excluding carboxylic acids is 3. The van der Waals surface area contributed by atoms with Crippen LogP contribution in [-0.4, -0.2) is 75.8 Å². The van der Waals surface area contributed by atoms with Crippen molar-refractivity contribution in [2.45, 2.75) is 173 Å². The Bertz CT molecular complexity index is 814. The van der Waals surface area contributed by atoms with E-state index in [4.69, 9.17) is 9.47 Å². The Morgan fingerprint density at radius 3 is 1.96 bits per heavy atom. The molecule has 1 aliphatic rings. The monoisotopic (exact) mass is 640 g/mol. The summed E-state index contributed by atoms with van der Waals surface area (Å²) in [5.41, 5.74) is 0. The average Bonchev–Trinajstić information content (AvgIpc) is 3.28. The van der Waals surface area contributed by atoms with Crippen LogP contribution in [0.25, 0.3) is 0 Å². The first-order valence-corrected chi connectivity index (χ1v) is 17.9. The van der Waals surface area contributed by atoms with Crippen LogP contribution < -0.4 is 0 Å². The van der Waals surface area contributed by atoms with Gasteiger partial charge in [0.15, 0.2) is 6.10 Å². The molecule has 262 valence electrons. The standard InChI is InChI=1S/C36H64O9/c1-3-5-7-8-9-10-11-12-13-15-20-35(42)44-27-30(26-37)45-36(43)21-17-16-19-29(39)24-32-31(33(40)25-34(32)41)23-22-28(38)18-14-6-4-2/h22-23,28,30-34,37-38,40-41H,3-21,24-27H2,1-2H3/b23-22+/t28-,30-,31+,32+,33+,34-/m0/s1. The Kier molecular flexibility index (Phi) is 24.1. The number of aliphatic hydroxyl groups excluding tert-OH is 4. The lowest BCUT2D eigenvalue weighted by Gasteiger charge is -2.20. The first-order valence-electron chi connectivity index (χ1n) is 17.9. The van der Waals surface area contributed by atoms with E-state index in [-0.39, 0.29) is 50.0 Å². The molecule has 0 aromatic rings. The fourth-order valence-corrected chi connectivity index (χ4v) is 5.96. The van der Waals surface area contributed by atoms with E-state index in [2.05, 4.69) is 13.8 Å². The molecule has 0 spiro atoms. The summed E-state index contributed by atoms with van der Waals surface area (Å²) in [6, 6.07) is 0. The molecule has 1 saturated carbocycles. The van der Waals surface area contributed by atoms with Crippen LogP contribution in [0.3, 0.4) is 0 Å². The summed E-state index contributed by atoms with van der Waals surface area (Å²) in [6.45, 7) is 3.68. The van der Waals surface area contributed by atoms with Crippen molar-refractivity contribution in [1.82, 2.24) is 0 Å². The smallest absolute Gasteiger partial charge is 0.306 e. The lowest BCUT2D eigenvalue weighted by atomic mass is 9.87. The molecule has 0 amide bonds. The summed E-state index contributed by atoms with van der Waals surface area (Å²) in [5.74, 6) is -1.73. The van der Waals surface area contributed by atoms with Crippen molar-refractivity contribution in [2.24, 2.45) is 11.8 Å². The minimum absolute atomic E-state index is 0.0500. The minimum atomic E-state index is -0.916. The number of Topliss-reactive ketones (excluding diaryl/α,β-unsaturated/α-hetero) is 1. The molecule has 1 rings (SSSR count). The third kappa shape index (κ3) is 20.1. The highest BCUT2D eigenvalue weighted by Crippen LogP contribution is 2.36. The highest BCUT2D eigenvalue weighted by atomic mass is 16.6. The van der Waals surface area contributed by atoms with Crippen molar-refractivity contribution in [2.75, 3.05) is 13.2 Å². The van der Waals surface area contributed by atoms with E-state index in [1.165, 1.54) is 44.9 Å². The number of unbranched alkanes of at least 4 members (excludes halogenated alkanes) is 12. The molecule has 0 radical (unpaired) electrons. The third-order valence-electron chi connectivity index (χ3n) is 8.79. The van der Waals surface area contributed by atoms with Gasteiger partial charge in [-0.2, -0.15) is 0 Å². The zero-order valence-corrected chi connectivity index (χ0v) is 28.2. The summed E-state index contributed by atoms with van der Waals surface area (Å²) in [6.07, 6.45) is 17.6. The number of esters is 2. The normalized spacial score (nSPS) is 21.2. The Hall–Kier alpha value is -1.81. The van der Waals surface area contributed by atoms with Gasteiger partial charge in [-0.15, -0.1) is 0 Å². The quantitative estimate of drug-likeness (QED) is 0.0450. The maximum absolute atomic E-state index is 12.6. The van der Waals surface area contributed by atoms with Gasteiger partial charge < -0.3 is 29.9 Å². The van der Waals surface area contributed by atoms with E-state index >= 15 is 0 Å². The molecule has 0 aliphatic heterocycles. The SMILES string of the molecule is CCCCCCCCCCCCC(=O)OC[C@H](CO)OC(=O)CCCCC(=O)C[C@@H]1[C@@H](/C=C/[C@@H](O)CCCCC)[C@H](O)C[C@@H]1O. The zero-order valence-electron chi connectivity index (χ0n) is 28.2. The van der Waals surface area contributed by atoms with Gasteiger partial charge in [0, 0.05) is 43.9 Å². The van der Waals surface area contributed by atoms with E-state index in [1.54, 1.807) is 12.2 Å². The summed E-state index contributed by atoms with van der Waals surface area (Å²) in [5, 5.41) is 40.6. The molecule has 6 atom stereocenters. The van der Waals surface area contributed by atoms with Crippen LogP contribution in [0, 0.1) is 11.8 Å². The summed E-state index contributed by atoms with van der Waals surface area (Å²) < 4.78 is 10.4. The predicted molar refractivity (Wildman–Crippen MR) is 175 cm³/mol. The van der Waals surface area contributed by atoms with E-state index in [0.29, 0.717) is 25.7 Å². The number of aliphatic hydroxyl groups is 4. The van der Waals surface area contributed by atoms with Crippen LogP contribution in [0.1, 0.15) is 149 Å². The fourth-order valence-electron chi connectivity index (χ4n) is 5.96.